The zero-order valence-electron chi connectivity index (χ0n) is 14.4. The number of nitrogens with zero attached hydrogens (tertiary/aromatic N) is 2. The molecule has 23 heavy (non-hydrogen) atoms. The second-order valence-electron chi connectivity index (χ2n) is 5.33. The van der Waals surface area contributed by atoms with Crippen LogP contribution in [0.1, 0.15) is 43.7 Å². The fourth-order valence-corrected chi connectivity index (χ4v) is 2.38. The average Bonchev–Trinajstić information content (AvgIpc) is 3.11. The van der Waals surface area contributed by atoms with Gasteiger partial charge in [-0.2, -0.15) is 0 Å². The molecule has 0 aliphatic carbocycles. The molecule has 1 rings (SSSR count). The molecule has 130 valence electrons. The maximum Gasteiger partial charge on any atom is 0.307 e. The van der Waals surface area contributed by atoms with Gasteiger partial charge >= 0.3 is 5.97 Å². The molecule has 1 heterocycles. The summed E-state index contributed by atoms with van der Waals surface area (Å²) in [5.74, 6) is -0.189. The molecule has 0 saturated carbocycles. The smallest absolute Gasteiger partial charge is 0.307 e. The summed E-state index contributed by atoms with van der Waals surface area (Å²) in [6.07, 6.45) is 3.58. The first-order valence-electron chi connectivity index (χ1n) is 8.24. The number of carbonyl (C=O) groups excluding carboxylic acids is 2. The van der Waals surface area contributed by atoms with E-state index < -0.39 is 0 Å². The maximum atomic E-state index is 12.4. The summed E-state index contributed by atoms with van der Waals surface area (Å²) >= 11 is 0. The van der Waals surface area contributed by atoms with Crippen LogP contribution in [0.15, 0.2) is 22.8 Å². The lowest BCUT2D eigenvalue weighted by Crippen LogP contribution is -2.34. The van der Waals surface area contributed by atoms with Crippen molar-refractivity contribution in [1.82, 2.24) is 9.80 Å². The number of amides is 1. The van der Waals surface area contributed by atoms with E-state index in [-0.39, 0.29) is 18.3 Å². The van der Waals surface area contributed by atoms with Crippen molar-refractivity contribution in [3.63, 3.8) is 0 Å². The molecule has 1 aromatic heterocycles. The molecular formula is C17H28N2O4. The van der Waals surface area contributed by atoms with Gasteiger partial charge in [-0.3, -0.25) is 9.59 Å². The summed E-state index contributed by atoms with van der Waals surface area (Å²) in [6, 6.07) is 3.33. The Morgan fingerprint density at radius 1 is 1.13 bits per heavy atom. The van der Waals surface area contributed by atoms with Crippen LogP contribution in [0, 0.1) is 0 Å². The minimum absolute atomic E-state index is 0.179. The molecule has 1 amide bonds. The van der Waals surface area contributed by atoms with Gasteiger partial charge < -0.3 is 19.0 Å². The molecule has 0 aliphatic rings. The quantitative estimate of drug-likeness (QED) is 0.462. The Morgan fingerprint density at radius 3 is 2.39 bits per heavy atom. The third-order valence-corrected chi connectivity index (χ3v) is 3.88. The molecule has 1 aromatic rings. The van der Waals surface area contributed by atoms with Crippen molar-refractivity contribution in [2.75, 3.05) is 39.8 Å². The van der Waals surface area contributed by atoms with Crippen molar-refractivity contribution in [3.8, 4) is 0 Å². The van der Waals surface area contributed by atoms with E-state index >= 15 is 0 Å². The zero-order chi connectivity index (χ0) is 17.1. The van der Waals surface area contributed by atoms with Crippen LogP contribution < -0.4 is 0 Å². The van der Waals surface area contributed by atoms with Gasteiger partial charge in [0.15, 0.2) is 5.76 Å². The highest BCUT2D eigenvalue weighted by Crippen LogP contribution is 2.08. The van der Waals surface area contributed by atoms with Gasteiger partial charge in [-0.15, -0.1) is 0 Å². The van der Waals surface area contributed by atoms with E-state index in [4.69, 9.17) is 4.42 Å². The maximum absolute atomic E-state index is 12.4. The van der Waals surface area contributed by atoms with E-state index in [1.807, 2.05) is 0 Å². The Labute approximate surface area is 138 Å². The Morgan fingerprint density at radius 2 is 1.83 bits per heavy atom. The van der Waals surface area contributed by atoms with Crippen molar-refractivity contribution >= 4 is 11.9 Å². The van der Waals surface area contributed by atoms with Gasteiger partial charge in [-0.05, 0) is 44.6 Å². The summed E-state index contributed by atoms with van der Waals surface area (Å²) in [5.41, 5.74) is 0. The standard InChI is InChI=1S/C17H28N2O4/c1-4-18(5-2)11-6-7-12-19(13-10-16(20)22-3)17(21)15-9-8-14-23-15/h8-9,14H,4-7,10-13H2,1-3H3. The highest BCUT2D eigenvalue weighted by atomic mass is 16.5. The minimum Gasteiger partial charge on any atom is -0.469 e. The van der Waals surface area contributed by atoms with Crippen LogP contribution in [-0.4, -0.2) is 61.5 Å². The topological polar surface area (TPSA) is 63.0 Å². The number of rotatable bonds is 11. The first kappa shape index (κ1) is 19.2. The molecule has 0 unspecified atom stereocenters. The van der Waals surface area contributed by atoms with Crippen molar-refractivity contribution < 1.29 is 18.7 Å². The molecule has 0 aliphatic heterocycles. The van der Waals surface area contributed by atoms with Crippen LogP contribution in [0.4, 0.5) is 0 Å². The zero-order valence-corrected chi connectivity index (χ0v) is 14.4. The number of hydrogen-bond donors (Lipinski definition) is 0. The van der Waals surface area contributed by atoms with E-state index in [2.05, 4.69) is 23.5 Å². The first-order valence-corrected chi connectivity index (χ1v) is 8.24. The van der Waals surface area contributed by atoms with Crippen molar-refractivity contribution in [1.29, 1.82) is 0 Å². The normalized spacial score (nSPS) is 10.8. The van der Waals surface area contributed by atoms with Gasteiger partial charge in [0.2, 0.25) is 0 Å². The monoisotopic (exact) mass is 324 g/mol. The summed E-state index contributed by atoms with van der Waals surface area (Å²) in [7, 11) is 1.35. The van der Waals surface area contributed by atoms with Gasteiger partial charge in [0.1, 0.15) is 0 Å². The van der Waals surface area contributed by atoms with E-state index in [1.54, 1.807) is 17.0 Å². The molecular weight excluding hydrogens is 296 g/mol. The number of esters is 1. The highest BCUT2D eigenvalue weighted by molar-refractivity contribution is 5.91. The molecule has 0 saturated heterocycles. The number of ether oxygens (including phenoxy) is 1. The van der Waals surface area contributed by atoms with Crippen LogP contribution in [0.25, 0.3) is 0 Å². The number of unbranched alkanes of at least 4 members (excludes halogenated alkanes) is 1. The Kier molecular flexibility index (Phi) is 9.05. The van der Waals surface area contributed by atoms with Crippen LogP contribution >= 0.6 is 0 Å². The van der Waals surface area contributed by atoms with E-state index in [9.17, 15) is 9.59 Å². The average molecular weight is 324 g/mol. The van der Waals surface area contributed by atoms with Crippen molar-refractivity contribution in [2.24, 2.45) is 0 Å². The predicted molar refractivity (Wildman–Crippen MR) is 88.3 cm³/mol. The summed E-state index contributed by atoms with van der Waals surface area (Å²) in [5, 5.41) is 0. The van der Waals surface area contributed by atoms with Crippen LogP contribution in [0.3, 0.4) is 0 Å². The van der Waals surface area contributed by atoms with Crippen LogP contribution in [0.5, 0.6) is 0 Å². The van der Waals surface area contributed by atoms with Crippen LogP contribution in [0.2, 0.25) is 0 Å². The fraction of sp³-hybridized carbons (Fsp3) is 0.647. The molecule has 0 spiro atoms. The number of hydrogen-bond acceptors (Lipinski definition) is 5. The lowest BCUT2D eigenvalue weighted by atomic mass is 10.2. The Balaban J connectivity index is 2.50. The lowest BCUT2D eigenvalue weighted by Gasteiger charge is -2.22. The van der Waals surface area contributed by atoms with E-state index in [1.165, 1.54) is 13.4 Å². The van der Waals surface area contributed by atoms with Crippen molar-refractivity contribution in [3.05, 3.63) is 24.2 Å². The van der Waals surface area contributed by atoms with Gasteiger partial charge in [0.05, 0.1) is 19.8 Å². The third kappa shape index (κ3) is 6.86. The molecule has 0 atom stereocenters. The molecule has 6 nitrogen and oxygen atoms in total. The van der Waals surface area contributed by atoms with E-state index in [0.29, 0.717) is 18.8 Å². The molecule has 0 bridgehead atoms. The number of furan rings is 1. The molecule has 0 N–H and O–H groups in total. The number of carbonyl (C=O) groups is 2. The van der Waals surface area contributed by atoms with Crippen LogP contribution in [-0.2, 0) is 9.53 Å². The molecule has 6 heteroatoms. The third-order valence-electron chi connectivity index (χ3n) is 3.88. The second kappa shape index (κ2) is 10.8. The Hall–Kier alpha value is -1.82. The highest BCUT2D eigenvalue weighted by Gasteiger charge is 2.19. The minimum atomic E-state index is -0.314. The number of methoxy groups -OCH3 is 1. The van der Waals surface area contributed by atoms with Gasteiger partial charge in [0.25, 0.3) is 5.91 Å². The summed E-state index contributed by atoms with van der Waals surface area (Å²) in [6.45, 7) is 8.34. The molecule has 0 radical (unpaired) electrons. The SMILES string of the molecule is CCN(CC)CCCCN(CCC(=O)OC)C(=O)c1ccco1. The fourth-order valence-electron chi connectivity index (χ4n) is 2.38. The first-order chi connectivity index (χ1) is 11.1. The molecule has 0 fully saturated rings. The van der Waals surface area contributed by atoms with E-state index in [0.717, 1.165) is 32.5 Å². The lowest BCUT2D eigenvalue weighted by molar-refractivity contribution is -0.140. The predicted octanol–water partition coefficient (Wildman–Crippen LogP) is 2.41. The Bertz CT molecular complexity index is 455. The largest absolute Gasteiger partial charge is 0.469 e. The van der Waals surface area contributed by atoms with Gasteiger partial charge in [-0.25, -0.2) is 0 Å². The van der Waals surface area contributed by atoms with Crippen molar-refractivity contribution in [2.45, 2.75) is 33.1 Å². The van der Waals surface area contributed by atoms with Gasteiger partial charge in [0, 0.05) is 13.1 Å². The van der Waals surface area contributed by atoms with Gasteiger partial charge in [-0.1, -0.05) is 13.8 Å². The summed E-state index contributed by atoms with van der Waals surface area (Å²) in [4.78, 5) is 27.8. The summed E-state index contributed by atoms with van der Waals surface area (Å²) < 4.78 is 9.82. The molecule has 0 aromatic carbocycles. The second-order valence-corrected chi connectivity index (χ2v) is 5.33.